The van der Waals surface area contributed by atoms with E-state index in [1.807, 2.05) is 11.0 Å². The lowest BCUT2D eigenvalue weighted by molar-refractivity contribution is -0.131. The Morgan fingerprint density at radius 2 is 1.81 bits per heavy atom. The van der Waals surface area contributed by atoms with E-state index in [-0.39, 0.29) is 11.9 Å². The number of fused-ring (bicyclic) bond motifs is 1. The number of carbonyl (C=O) groups is 1. The number of amides is 1. The number of likely N-dealkylation sites (N-methyl/N-ethyl adjacent to an activating group) is 1. The minimum atomic E-state index is 0.00254. The lowest BCUT2D eigenvalue weighted by atomic mass is 9.87. The number of methoxy groups -OCH3 is 2. The van der Waals surface area contributed by atoms with Crippen molar-refractivity contribution < 1.29 is 14.3 Å². The van der Waals surface area contributed by atoms with Gasteiger partial charge in [-0.05, 0) is 67.9 Å². The Bertz CT molecular complexity index is 970. The molecule has 0 radical (unpaired) electrons. The average molecular weight is 435 g/mol. The molecule has 1 heterocycles. The van der Waals surface area contributed by atoms with E-state index in [0.717, 1.165) is 43.9 Å². The van der Waals surface area contributed by atoms with Gasteiger partial charge in [-0.2, -0.15) is 0 Å². The first kappa shape index (κ1) is 22.4. The number of nitrogens with zero attached hydrogens (tertiary/aromatic N) is 2. The molecule has 0 aromatic heterocycles. The fourth-order valence-electron chi connectivity index (χ4n) is 5.06. The number of hydrogen-bond acceptors (Lipinski definition) is 4. The minimum absolute atomic E-state index is 0.00254. The van der Waals surface area contributed by atoms with Crippen LogP contribution in [0.3, 0.4) is 0 Å². The molecule has 4 rings (SSSR count). The first-order valence-electron chi connectivity index (χ1n) is 11.7. The summed E-state index contributed by atoms with van der Waals surface area (Å²) in [5.41, 5.74) is 4.83. The van der Waals surface area contributed by atoms with Gasteiger partial charge in [-0.25, -0.2) is 0 Å². The Morgan fingerprint density at radius 3 is 2.47 bits per heavy atom. The van der Waals surface area contributed by atoms with E-state index in [1.165, 1.54) is 35.2 Å². The highest BCUT2D eigenvalue weighted by molar-refractivity contribution is 5.80. The first-order valence-corrected chi connectivity index (χ1v) is 11.7. The maximum Gasteiger partial charge on any atom is 0.240 e. The summed E-state index contributed by atoms with van der Waals surface area (Å²) in [6.45, 7) is 4.02. The molecule has 0 saturated carbocycles. The van der Waals surface area contributed by atoms with Crippen molar-refractivity contribution in [1.29, 1.82) is 0 Å². The molecule has 5 nitrogen and oxygen atoms in total. The Balaban J connectivity index is 1.67. The number of carbonyl (C=O) groups excluding carboxylic acids is 1. The lowest BCUT2D eigenvalue weighted by Gasteiger charge is -2.39. The molecule has 32 heavy (non-hydrogen) atoms. The van der Waals surface area contributed by atoms with Gasteiger partial charge in [0.1, 0.15) is 0 Å². The van der Waals surface area contributed by atoms with Crippen molar-refractivity contribution in [2.45, 2.75) is 45.1 Å². The second kappa shape index (κ2) is 10.2. The van der Waals surface area contributed by atoms with Gasteiger partial charge in [0.15, 0.2) is 11.5 Å². The minimum Gasteiger partial charge on any atom is -0.493 e. The summed E-state index contributed by atoms with van der Waals surface area (Å²) in [5, 5.41) is 0. The molecule has 5 heteroatoms. The van der Waals surface area contributed by atoms with Crippen molar-refractivity contribution in [1.82, 2.24) is 9.80 Å². The molecular formula is C27H34N2O3. The van der Waals surface area contributed by atoms with Crippen LogP contribution in [-0.2, 0) is 11.2 Å². The van der Waals surface area contributed by atoms with Gasteiger partial charge >= 0.3 is 0 Å². The molecule has 0 bridgehead atoms. The van der Waals surface area contributed by atoms with E-state index in [1.54, 1.807) is 14.2 Å². The van der Waals surface area contributed by atoms with Gasteiger partial charge in [-0.3, -0.25) is 9.69 Å². The smallest absolute Gasteiger partial charge is 0.240 e. The Morgan fingerprint density at radius 1 is 1.06 bits per heavy atom. The molecule has 170 valence electrons. The van der Waals surface area contributed by atoms with Crippen molar-refractivity contribution in [2.24, 2.45) is 0 Å². The Kier molecular flexibility index (Phi) is 7.15. The molecule has 0 fully saturated rings. The molecule has 1 atom stereocenters. The molecule has 1 aliphatic carbocycles. The SMILES string of the molecule is CCN(C(=O)CN1CCc2cc(OC)c(OC)cc2C1c1ccccc1)C1=CCCCC1. The van der Waals surface area contributed by atoms with Crippen molar-refractivity contribution in [2.75, 3.05) is 33.9 Å². The van der Waals surface area contributed by atoms with Gasteiger partial charge in [0, 0.05) is 18.8 Å². The maximum atomic E-state index is 13.5. The van der Waals surface area contributed by atoms with E-state index in [9.17, 15) is 4.79 Å². The molecular weight excluding hydrogens is 400 g/mol. The summed E-state index contributed by atoms with van der Waals surface area (Å²) in [6.07, 6.45) is 7.59. The van der Waals surface area contributed by atoms with Gasteiger partial charge in [0.25, 0.3) is 0 Å². The maximum absolute atomic E-state index is 13.5. The molecule has 2 aromatic rings. The van der Waals surface area contributed by atoms with E-state index < -0.39 is 0 Å². The predicted molar refractivity (Wildman–Crippen MR) is 127 cm³/mol. The second-order valence-corrected chi connectivity index (χ2v) is 8.52. The fourth-order valence-corrected chi connectivity index (χ4v) is 5.06. The predicted octanol–water partition coefficient (Wildman–Crippen LogP) is 4.96. The number of allylic oxidation sites excluding steroid dienone is 2. The van der Waals surface area contributed by atoms with Crippen molar-refractivity contribution in [3.63, 3.8) is 0 Å². The lowest BCUT2D eigenvalue weighted by Crippen LogP contribution is -2.44. The monoisotopic (exact) mass is 434 g/mol. The van der Waals surface area contributed by atoms with E-state index in [0.29, 0.717) is 6.54 Å². The fraction of sp³-hybridized carbons (Fsp3) is 0.444. The van der Waals surface area contributed by atoms with Crippen LogP contribution >= 0.6 is 0 Å². The van der Waals surface area contributed by atoms with Crippen LogP contribution in [0.5, 0.6) is 11.5 Å². The van der Waals surface area contributed by atoms with Crippen LogP contribution in [0.4, 0.5) is 0 Å². The number of rotatable bonds is 7. The van der Waals surface area contributed by atoms with Crippen LogP contribution in [0, 0.1) is 0 Å². The van der Waals surface area contributed by atoms with E-state index in [4.69, 9.17) is 9.47 Å². The Hall–Kier alpha value is -2.79. The zero-order chi connectivity index (χ0) is 22.5. The van der Waals surface area contributed by atoms with Crippen LogP contribution in [0.1, 0.15) is 55.3 Å². The van der Waals surface area contributed by atoms with Gasteiger partial charge in [0.2, 0.25) is 5.91 Å². The standard InChI is InChI=1S/C27H34N2O3/c1-4-29(22-13-9-6-10-14-22)26(30)19-28-16-15-21-17-24(31-2)25(32-3)18-23(21)27(28)20-11-7-5-8-12-20/h5,7-8,11-13,17-18,27H,4,6,9-10,14-16,19H2,1-3H3. The summed E-state index contributed by atoms with van der Waals surface area (Å²) < 4.78 is 11.2. The van der Waals surface area contributed by atoms with Crippen LogP contribution in [-0.4, -0.2) is 49.6 Å². The molecule has 2 aliphatic rings. The van der Waals surface area contributed by atoms with Crippen molar-refractivity contribution >= 4 is 5.91 Å². The normalized spacial score (nSPS) is 18.5. The molecule has 0 N–H and O–H groups in total. The van der Waals surface area contributed by atoms with Crippen LogP contribution < -0.4 is 9.47 Å². The highest BCUT2D eigenvalue weighted by Crippen LogP contribution is 2.41. The second-order valence-electron chi connectivity index (χ2n) is 8.52. The zero-order valence-electron chi connectivity index (χ0n) is 19.5. The highest BCUT2D eigenvalue weighted by Gasteiger charge is 2.32. The molecule has 2 aromatic carbocycles. The van der Waals surface area contributed by atoms with Crippen LogP contribution in [0.25, 0.3) is 0 Å². The van der Waals surface area contributed by atoms with Gasteiger partial charge in [-0.1, -0.05) is 36.4 Å². The van der Waals surface area contributed by atoms with Crippen LogP contribution in [0.2, 0.25) is 0 Å². The number of ether oxygens (including phenoxy) is 2. The van der Waals surface area contributed by atoms with Gasteiger partial charge in [0.05, 0.1) is 26.8 Å². The van der Waals surface area contributed by atoms with Gasteiger partial charge < -0.3 is 14.4 Å². The summed E-state index contributed by atoms with van der Waals surface area (Å²) in [6, 6.07) is 14.6. The van der Waals surface area contributed by atoms with E-state index >= 15 is 0 Å². The quantitative estimate of drug-likeness (QED) is 0.618. The first-order chi connectivity index (χ1) is 15.7. The van der Waals surface area contributed by atoms with Crippen molar-refractivity contribution in [3.05, 3.63) is 70.9 Å². The third-order valence-corrected chi connectivity index (χ3v) is 6.66. The summed E-state index contributed by atoms with van der Waals surface area (Å²) in [7, 11) is 3.34. The molecule has 1 unspecified atom stereocenters. The summed E-state index contributed by atoms with van der Waals surface area (Å²) in [5.74, 6) is 1.66. The van der Waals surface area contributed by atoms with Gasteiger partial charge in [-0.15, -0.1) is 0 Å². The molecule has 1 aliphatic heterocycles. The highest BCUT2D eigenvalue weighted by atomic mass is 16.5. The average Bonchev–Trinajstić information content (AvgIpc) is 2.84. The Labute approximate surface area is 191 Å². The third kappa shape index (κ3) is 4.53. The third-order valence-electron chi connectivity index (χ3n) is 6.66. The number of benzene rings is 2. The largest absolute Gasteiger partial charge is 0.493 e. The summed E-state index contributed by atoms with van der Waals surface area (Å²) >= 11 is 0. The molecule has 0 saturated heterocycles. The van der Waals surface area contributed by atoms with Crippen molar-refractivity contribution in [3.8, 4) is 11.5 Å². The zero-order valence-corrected chi connectivity index (χ0v) is 19.5. The molecule has 1 amide bonds. The molecule has 0 spiro atoms. The van der Waals surface area contributed by atoms with E-state index in [2.05, 4.69) is 54.3 Å². The summed E-state index contributed by atoms with van der Waals surface area (Å²) in [4.78, 5) is 17.8. The van der Waals surface area contributed by atoms with Crippen LogP contribution in [0.15, 0.2) is 54.2 Å². The topological polar surface area (TPSA) is 42.0 Å². The number of hydrogen-bond donors (Lipinski definition) is 0.